The second-order valence-corrected chi connectivity index (χ2v) is 5.88. The van der Waals surface area contributed by atoms with E-state index in [2.05, 4.69) is 10.3 Å². The lowest BCUT2D eigenvalue weighted by atomic mass is 10.2. The maximum Gasteiger partial charge on any atom is 0.258 e. The van der Waals surface area contributed by atoms with Gasteiger partial charge in [0.1, 0.15) is 11.6 Å². The van der Waals surface area contributed by atoms with Gasteiger partial charge in [-0.1, -0.05) is 0 Å². The van der Waals surface area contributed by atoms with Gasteiger partial charge in [-0.05, 0) is 41.3 Å². The normalized spacial score (nSPS) is 14.0. The van der Waals surface area contributed by atoms with Crippen LogP contribution in [0, 0.1) is 5.82 Å². The molecule has 6 heteroatoms. The summed E-state index contributed by atoms with van der Waals surface area (Å²) in [5, 5.41) is 6.88. The van der Waals surface area contributed by atoms with E-state index in [0.717, 1.165) is 24.6 Å². The zero-order valence-electron chi connectivity index (χ0n) is 11.7. The van der Waals surface area contributed by atoms with Crippen molar-refractivity contribution in [3.8, 4) is 0 Å². The average Bonchev–Trinajstić information content (AvgIpc) is 3.20. The minimum atomic E-state index is -0.497. The van der Waals surface area contributed by atoms with Gasteiger partial charge in [0.15, 0.2) is 0 Å². The summed E-state index contributed by atoms with van der Waals surface area (Å²) < 4.78 is 13.4. The predicted octanol–water partition coefficient (Wildman–Crippen LogP) is 3.13. The third-order valence-electron chi connectivity index (χ3n) is 3.50. The Labute approximate surface area is 126 Å². The second kappa shape index (κ2) is 5.81. The van der Waals surface area contributed by atoms with E-state index in [1.54, 1.807) is 18.4 Å². The van der Waals surface area contributed by atoms with E-state index >= 15 is 0 Å². The van der Waals surface area contributed by atoms with E-state index in [1.807, 2.05) is 21.7 Å². The Bertz CT molecular complexity index is 640. The third kappa shape index (κ3) is 3.05. The SMILES string of the molecule is CNc1ncc(F)cc1C(=O)N(Cc1ccsc1)C1CC1. The molecule has 1 N–H and O–H groups in total. The lowest BCUT2D eigenvalue weighted by Gasteiger charge is -2.23. The van der Waals surface area contributed by atoms with Gasteiger partial charge in [-0.25, -0.2) is 9.37 Å². The Morgan fingerprint density at radius 3 is 3.00 bits per heavy atom. The Kier molecular flexibility index (Phi) is 3.88. The molecule has 0 spiro atoms. The van der Waals surface area contributed by atoms with Gasteiger partial charge in [0.25, 0.3) is 5.91 Å². The molecule has 0 saturated heterocycles. The molecule has 1 amide bonds. The summed E-state index contributed by atoms with van der Waals surface area (Å²) >= 11 is 1.61. The van der Waals surface area contributed by atoms with Gasteiger partial charge < -0.3 is 10.2 Å². The van der Waals surface area contributed by atoms with Gasteiger partial charge in [0.2, 0.25) is 0 Å². The van der Waals surface area contributed by atoms with Crippen LogP contribution >= 0.6 is 11.3 Å². The minimum absolute atomic E-state index is 0.167. The number of carbonyl (C=O) groups excluding carboxylic acids is 1. The highest BCUT2D eigenvalue weighted by Gasteiger charge is 2.34. The van der Waals surface area contributed by atoms with E-state index in [0.29, 0.717) is 17.9 Å². The average molecular weight is 305 g/mol. The van der Waals surface area contributed by atoms with Crippen LogP contribution in [0.2, 0.25) is 0 Å². The van der Waals surface area contributed by atoms with E-state index in [9.17, 15) is 9.18 Å². The largest absolute Gasteiger partial charge is 0.372 e. The van der Waals surface area contributed by atoms with Crippen molar-refractivity contribution in [1.29, 1.82) is 0 Å². The zero-order valence-corrected chi connectivity index (χ0v) is 12.5. The standard InChI is InChI=1S/C15H16FN3OS/c1-17-14-13(6-11(16)7-18-14)15(20)19(12-2-3-12)8-10-4-5-21-9-10/h4-7,9,12H,2-3,8H2,1H3,(H,17,18). The van der Waals surface area contributed by atoms with Crippen molar-refractivity contribution in [2.45, 2.75) is 25.4 Å². The fourth-order valence-electron chi connectivity index (χ4n) is 2.29. The van der Waals surface area contributed by atoms with E-state index in [4.69, 9.17) is 0 Å². The van der Waals surface area contributed by atoms with Gasteiger partial charge in [-0.3, -0.25) is 4.79 Å². The Morgan fingerprint density at radius 2 is 2.38 bits per heavy atom. The highest BCUT2D eigenvalue weighted by Crippen LogP contribution is 2.31. The van der Waals surface area contributed by atoms with Crippen LogP contribution in [0.3, 0.4) is 0 Å². The van der Waals surface area contributed by atoms with Crippen molar-refractivity contribution in [2.75, 3.05) is 12.4 Å². The molecule has 2 aromatic rings. The van der Waals surface area contributed by atoms with Crippen molar-refractivity contribution in [3.63, 3.8) is 0 Å². The van der Waals surface area contributed by atoms with Crippen molar-refractivity contribution >= 4 is 23.1 Å². The van der Waals surface area contributed by atoms with Crippen molar-refractivity contribution in [2.24, 2.45) is 0 Å². The summed E-state index contributed by atoms with van der Waals surface area (Å²) in [6.45, 7) is 0.562. The molecule has 0 bridgehead atoms. The van der Waals surface area contributed by atoms with Crippen LogP contribution in [-0.4, -0.2) is 28.9 Å². The molecule has 1 fully saturated rings. The number of nitrogens with zero attached hydrogens (tertiary/aromatic N) is 2. The molecule has 1 saturated carbocycles. The maximum atomic E-state index is 13.4. The van der Waals surface area contributed by atoms with Gasteiger partial charge in [-0.2, -0.15) is 11.3 Å². The number of thiophene rings is 1. The van der Waals surface area contributed by atoms with Crippen LogP contribution in [0.1, 0.15) is 28.8 Å². The maximum absolute atomic E-state index is 13.4. The number of aromatic nitrogens is 1. The van der Waals surface area contributed by atoms with Crippen molar-refractivity contribution < 1.29 is 9.18 Å². The van der Waals surface area contributed by atoms with Gasteiger partial charge >= 0.3 is 0 Å². The Hall–Kier alpha value is -1.95. The predicted molar refractivity (Wildman–Crippen MR) is 81.0 cm³/mol. The fourth-order valence-corrected chi connectivity index (χ4v) is 2.95. The highest BCUT2D eigenvalue weighted by atomic mass is 32.1. The van der Waals surface area contributed by atoms with Gasteiger partial charge in [-0.15, -0.1) is 0 Å². The molecule has 4 nitrogen and oxygen atoms in total. The number of hydrogen-bond acceptors (Lipinski definition) is 4. The summed E-state index contributed by atoms with van der Waals surface area (Å²) in [5.74, 6) is -0.249. The molecular weight excluding hydrogens is 289 g/mol. The van der Waals surface area contributed by atoms with Gasteiger partial charge in [0, 0.05) is 19.6 Å². The minimum Gasteiger partial charge on any atom is -0.372 e. The fraction of sp³-hybridized carbons (Fsp3) is 0.333. The summed E-state index contributed by atoms with van der Waals surface area (Å²) in [5.41, 5.74) is 1.40. The quantitative estimate of drug-likeness (QED) is 0.923. The number of anilines is 1. The molecule has 2 heterocycles. The second-order valence-electron chi connectivity index (χ2n) is 5.10. The molecule has 0 aromatic carbocycles. The smallest absolute Gasteiger partial charge is 0.258 e. The first-order valence-electron chi connectivity index (χ1n) is 6.84. The van der Waals surface area contributed by atoms with Crippen LogP contribution < -0.4 is 5.32 Å². The molecule has 0 unspecified atom stereocenters. The topological polar surface area (TPSA) is 45.2 Å². The van der Waals surface area contributed by atoms with E-state index in [-0.39, 0.29) is 11.9 Å². The van der Waals surface area contributed by atoms with E-state index < -0.39 is 5.82 Å². The summed E-state index contributed by atoms with van der Waals surface area (Å²) in [4.78, 5) is 18.5. The Morgan fingerprint density at radius 1 is 1.57 bits per heavy atom. The molecule has 0 radical (unpaired) electrons. The van der Waals surface area contributed by atoms with Crippen molar-refractivity contribution in [1.82, 2.24) is 9.88 Å². The molecule has 21 heavy (non-hydrogen) atoms. The first kappa shape index (κ1) is 14.0. The van der Waals surface area contributed by atoms with Crippen LogP contribution in [0.5, 0.6) is 0 Å². The lowest BCUT2D eigenvalue weighted by Crippen LogP contribution is -2.33. The number of nitrogens with one attached hydrogen (secondary N) is 1. The Balaban J connectivity index is 1.89. The number of rotatable bonds is 5. The van der Waals surface area contributed by atoms with Crippen molar-refractivity contribution in [3.05, 3.63) is 46.0 Å². The number of halogens is 1. The number of amides is 1. The molecular formula is C15H16FN3OS. The molecule has 0 atom stereocenters. The lowest BCUT2D eigenvalue weighted by molar-refractivity contribution is 0.0730. The van der Waals surface area contributed by atoms with Gasteiger partial charge in [0.05, 0.1) is 11.8 Å². The number of pyridine rings is 1. The number of carbonyl (C=O) groups is 1. The molecule has 0 aliphatic heterocycles. The van der Waals surface area contributed by atoms with Crippen LogP contribution in [0.25, 0.3) is 0 Å². The third-order valence-corrected chi connectivity index (χ3v) is 4.24. The van der Waals surface area contributed by atoms with Crippen LogP contribution in [0.4, 0.5) is 10.2 Å². The molecule has 110 valence electrons. The summed E-state index contributed by atoms with van der Waals surface area (Å²) in [7, 11) is 1.68. The molecule has 1 aliphatic rings. The first-order valence-corrected chi connectivity index (χ1v) is 7.78. The van der Waals surface area contributed by atoms with E-state index in [1.165, 1.54) is 6.07 Å². The first-order chi connectivity index (χ1) is 10.2. The van der Waals surface area contributed by atoms with Crippen LogP contribution in [-0.2, 0) is 6.54 Å². The summed E-state index contributed by atoms with van der Waals surface area (Å²) in [6, 6.07) is 3.52. The van der Waals surface area contributed by atoms with Crippen LogP contribution in [0.15, 0.2) is 29.1 Å². The molecule has 1 aliphatic carbocycles. The summed E-state index contributed by atoms with van der Waals surface area (Å²) in [6.07, 6.45) is 3.13. The number of hydrogen-bond donors (Lipinski definition) is 1. The molecule has 3 rings (SSSR count). The monoisotopic (exact) mass is 305 g/mol. The molecule has 2 aromatic heterocycles. The zero-order chi connectivity index (χ0) is 14.8. The highest BCUT2D eigenvalue weighted by molar-refractivity contribution is 7.07.